The van der Waals surface area contributed by atoms with E-state index in [1.807, 2.05) is 25.1 Å². The Kier molecular flexibility index (Phi) is 10.4. The Labute approximate surface area is 284 Å². The number of rotatable bonds is 6. The van der Waals surface area contributed by atoms with Crippen LogP contribution in [0.4, 0.5) is 10.5 Å². The van der Waals surface area contributed by atoms with E-state index in [1.165, 1.54) is 4.90 Å². The van der Waals surface area contributed by atoms with Crippen LogP contribution in [0.15, 0.2) is 79.0 Å². The lowest BCUT2D eigenvalue weighted by molar-refractivity contribution is -0.139. The van der Waals surface area contributed by atoms with Crippen LogP contribution in [-0.4, -0.2) is 67.4 Å². The first-order valence-corrected chi connectivity index (χ1v) is 16.7. The molecule has 1 aromatic heterocycles. The molecule has 0 bridgehead atoms. The quantitative estimate of drug-likeness (QED) is 0.227. The van der Waals surface area contributed by atoms with Crippen LogP contribution in [0.25, 0.3) is 11.3 Å². The Morgan fingerprint density at radius 2 is 1.77 bits per heavy atom. The number of carbonyl (C=O) groups excluding carboxylic acids is 3. The van der Waals surface area contributed by atoms with Crippen molar-refractivity contribution in [3.63, 3.8) is 0 Å². The van der Waals surface area contributed by atoms with Crippen LogP contribution in [-0.2, 0) is 21.4 Å². The van der Waals surface area contributed by atoms with Gasteiger partial charge in [0, 0.05) is 48.1 Å². The molecule has 0 aliphatic carbocycles. The zero-order chi connectivity index (χ0) is 34.4. The minimum atomic E-state index is -1.02. The van der Waals surface area contributed by atoms with Crippen molar-refractivity contribution in [1.82, 2.24) is 20.0 Å². The molecule has 2 heterocycles. The average molecular weight is 666 g/mol. The molecule has 0 spiro atoms. The number of carbonyl (C=O) groups is 3. The van der Waals surface area contributed by atoms with E-state index in [9.17, 15) is 19.5 Å². The maximum atomic E-state index is 14.0. The number of thioether (sulfide) groups is 1. The zero-order valence-electron chi connectivity index (χ0n) is 27.6. The van der Waals surface area contributed by atoms with Gasteiger partial charge in [-0.15, -0.1) is 0 Å². The van der Waals surface area contributed by atoms with Gasteiger partial charge >= 0.3 is 6.09 Å². The number of aromatic hydroxyl groups is 1. The number of phenolic OH excluding ortho intramolecular Hbond substituents is 1. The number of alkyl carbamates (subject to hydrolysis) is 1. The van der Waals surface area contributed by atoms with Gasteiger partial charge in [-0.05, 0) is 69.7 Å². The maximum absolute atomic E-state index is 14.0. The van der Waals surface area contributed by atoms with Crippen molar-refractivity contribution in [3.05, 3.63) is 101 Å². The molecule has 11 heteroatoms. The molecule has 0 saturated carbocycles. The third-order valence-electron chi connectivity index (χ3n) is 7.49. The van der Waals surface area contributed by atoms with Crippen LogP contribution >= 0.6 is 11.8 Å². The van der Waals surface area contributed by atoms with Gasteiger partial charge < -0.3 is 25.4 Å². The van der Waals surface area contributed by atoms with E-state index in [0.717, 1.165) is 11.1 Å². The number of aromatic nitrogens is 2. The smallest absolute Gasteiger partial charge is 0.408 e. The SMILES string of the molecule is Cc1ccc(O)c(-c2nn(C)cc2C#Cc2ccc(NC(=O)[C@H]3CSCCN3C(=O)[C@H](NC(=O)OC(C)(C)C)c3ccccc3)cc2)c1. The van der Waals surface area contributed by atoms with Crippen LogP contribution in [0.1, 0.15) is 49.1 Å². The second kappa shape index (κ2) is 14.7. The summed E-state index contributed by atoms with van der Waals surface area (Å²) in [6.45, 7) is 7.56. The Morgan fingerprint density at radius 3 is 2.48 bits per heavy atom. The molecule has 3 N–H and O–H groups in total. The molecule has 3 aromatic carbocycles. The largest absolute Gasteiger partial charge is 0.507 e. The average Bonchev–Trinajstić information content (AvgIpc) is 3.43. The number of hydrogen-bond donors (Lipinski definition) is 3. The summed E-state index contributed by atoms with van der Waals surface area (Å²) in [4.78, 5) is 41.8. The Bertz CT molecular complexity index is 1850. The monoisotopic (exact) mass is 665 g/mol. The van der Waals surface area contributed by atoms with Gasteiger partial charge in [0.25, 0.3) is 5.91 Å². The summed E-state index contributed by atoms with van der Waals surface area (Å²) in [5.41, 5.74) is 4.01. The molecule has 1 saturated heterocycles. The standard InChI is InChI=1S/C37H39N5O5S/c1-24-11-18-31(43)29(21-24)32-27(22-41(5)40-32)15-12-25-13-16-28(17-14-25)38-34(44)30-23-48-20-19-42(30)35(45)33(26-9-7-6-8-10-26)39-36(46)47-37(2,3)4/h6-11,13-14,16-18,21-22,30,33,43H,19-20,23H2,1-5H3,(H,38,44)(H,39,46)/t30-,33-/m1/s1. The van der Waals surface area contributed by atoms with E-state index in [2.05, 4.69) is 27.6 Å². The molecule has 48 heavy (non-hydrogen) atoms. The number of amides is 3. The second-order valence-corrected chi connectivity index (χ2v) is 13.7. The summed E-state index contributed by atoms with van der Waals surface area (Å²) in [5.74, 6) is 6.81. The predicted octanol–water partition coefficient (Wildman–Crippen LogP) is 5.65. The summed E-state index contributed by atoms with van der Waals surface area (Å²) in [5, 5.41) is 20.6. The number of benzene rings is 3. The number of anilines is 1. The highest BCUT2D eigenvalue weighted by molar-refractivity contribution is 7.99. The lowest BCUT2D eigenvalue weighted by atomic mass is 10.0. The van der Waals surface area contributed by atoms with Gasteiger partial charge in [0.2, 0.25) is 5.91 Å². The third kappa shape index (κ3) is 8.57. The Morgan fingerprint density at radius 1 is 1.04 bits per heavy atom. The lowest BCUT2D eigenvalue weighted by Gasteiger charge is -2.37. The number of nitrogens with zero attached hydrogens (tertiary/aromatic N) is 3. The number of nitrogens with one attached hydrogen (secondary N) is 2. The molecular weight excluding hydrogens is 627 g/mol. The number of hydrogen-bond acceptors (Lipinski definition) is 7. The third-order valence-corrected chi connectivity index (χ3v) is 8.51. The highest BCUT2D eigenvalue weighted by Crippen LogP contribution is 2.31. The normalized spacial score (nSPS) is 15.1. The Hall–Kier alpha value is -5.21. The summed E-state index contributed by atoms with van der Waals surface area (Å²) < 4.78 is 7.10. The zero-order valence-corrected chi connectivity index (χ0v) is 28.4. The summed E-state index contributed by atoms with van der Waals surface area (Å²) in [6, 6.07) is 19.7. The molecule has 1 fully saturated rings. The molecule has 1 aliphatic heterocycles. The van der Waals surface area contributed by atoms with Gasteiger partial charge in [-0.1, -0.05) is 53.8 Å². The number of ether oxygens (including phenoxy) is 1. The van der Waals surface area contributed by atoms with Gasteiger partial charge in [0.15, 0.2) is 0 Å². The van der Waals surface area contributed by atoms with Gasteiger partial charge in [-0.25, -0.2) is 4.79 Å². The second-order valence-electron chi connectivity index (χ2n) is 12.5. The van der Waals surface area contributed by atoms with E-state index in [-0.39, 0.29) is 17.6 Å². The Balaban J connectivity index is 1.30. The fraction of sp³-hybridized carbons (Fsp3) is 0.297. The molecule has 3 amide bonds. The van der Waals surface area contributed by atoms with Crippen molar-refractivity contribution in [2.24, 2.45) is 7.05 Å². The predicted molar refractivity (Wildman–Crippen MR) is 187 cm³/mol. The van der Waals surface area contributed by atoms with Crippen LogP contribution in [0.3, 0.4) is 0 Å². The number of phenols is 1. The topological polar surface area (TPSA) is 126 Å². The van der Waals surface area contributed by atoms with Crippen molar-refractivity contribution >= 4 is 35.4 Å². The molecular formula is C37H39N5O5S. The molecule has 0 radical (unpaired) electrons. The molecule has 0 unspecified atom stereocenters. The fourth-order valence-corrected chi connectivity index (χ4v) is 6.28. The molecule has 10 nitrogen and oxygen atoms in total. The molecule has 2 atom stereocenters. The molecule has 1 aliphatic rings. The first-order chi connectivity index (χ1) is 22.9. The van der Waals surface area contributed by atoms with Crippen LogP contribution < -0.4 is 10.6 Å². The van der Waals surface area contributed by atoms with E-state index < -0.39 is 23.8 Å². The lowest BCUT2D eigenvalue weighted by Crippen LogP contribution is -2.55. The van der Waals surface area contributed by atoms with Crippen LogP contribution in [0.2, 0.25) is 0 Å². The summed E-state index contributed by atoms with van der Waals surface area (Å²) in [7, 11) is 1.80. The van der Waals surface area contributed by atoms with Crippen LogP contribution in [0.5, 0.6) is 5.75 Å². The summed E-state index contributed by atoms with van der Waals surface area (Å²) >= 11 is 1.59. The van der Waals surface area contributed by atoms with Gasteiger partial charge in [0.05, 0.1) is 5.56 Å². The highest BCUT2D eigenvalue weighted by Gasteiger charge is 2.37. The van der Waals surface area contributed by atoms with Crippen molar-refractivity contribution in [1.29, 1.82) is 0 Å². The van der Waals surface area contributed by atoms with Crippen molar-refractivity contribution in [2.45, 2.75) is 45.4 Å². The van der Waals surface area contributed by atoms with E-state index in [0.29, 0.717) is 46.1 Å². The van der Waals surface area contributed by atoms with E-state index in [1.54, 1.807) is 105 Å². The molecule has 248 valence electrons. The van der Waals surface area contributed by atoms with E-state index >= 15 is 0 Å². The highest BCUT2D eigenvalue weighted by atomic mass is 32.2. The fourth-order valence-electron chi connectivity index (χ4n) is 5.23. The minimum Gasteiger partial charge on any atom is -0.507 e. The molecule has 5 rings (SSSR count). The van der Waals surface area contributed by atoms with Gasteiger partial charge in [0.1, 0.15) is 29.1 Å². The van der Waals surface area contributed by atoms with Crippen molar-refractivity contribution in [2.75, 3.05) is 23.4 Å². The minimum absolute atomic E-state index is 0.133. The van der Waals surface area contributed by atoms with E-state index in [4.69, 9.17) is 4.74 Å². The maximum Gasteiger partial charge on any atom is 0.408 e. The van der Waals surface area contributed by atoms with Gasteiger partial charge in [-0.3, -0.25) is 14.3 Å². The molecule has 4 aromatic rings. The van der Waals surface area contributed by atoms with Gasteiger partial charge in [-0.2, -0.15) is 16.9 Å². The van der Waals surface area contributed by atoms with Crippen LogP contribution in [0, 0.1) is 18.8 Å². The van der Waals surface area contributed by atoms with Crippen molar-refractivity contribution < 1.29 is 24.2 Å². The first kappa shape index (κ1) is 34.1. The summed E-state index contributed by atoms with van der Waals surface area (Å²) in [6.07, 6.45) is 1.09. The number of aryl methyl sites for hydroxylation is 2. The first-order valence-electron chi connectivity index (χ1n) is 15.6. The van der Waals surface area contributed by atoms with Crippen molar-refractivity contribution in [3.8, 4) is 28.8 Å².